The van der Waals surface area contributed by atoms with E-state index in [-0.39, 0.29) is 5.91 Å². The zero-order chi connectivity index (χ0) is 17.8. The van der Waals surface area contributed by atoms with Gasteiger partial charge in [-0.1, -0.05) is 48.5 Å². The third kappa shape index (κ3) is 3.88. The molecule has 3 aromatic rings. The number of rotatable bonds is 6. The van der Waals surface area contributed by atoms with Gasteiger partial charge in [-0.2, -0.15) is 0 Å². The summed E-state index contributed by atoms with van der Waals surface area (Å²) >= 11 is 0. The molecule has 0 aliphatic heterocycles. The van der Waals surface area contributed by atoms with Crippen molar-refractivity contribution in [1.29, 1.82) is 0 Å². The number of aromatic nitrogens is 2. The summed E-state index contributed by atoms with van der Waals surface area (Å²) in [6, 6.07) is 23.6. The van der Waals surface area contributed by atoms with Gasteiger partial charge < -0.3 is 10.2 Å². The fourth-order valence-electron chi connectivity index (χ4n) is 2.75. The summed E-state index contributed by atoms with van der Waals surface area (Å²) in [5.41, 5.74) is 2.24. The average molecular weight is 344 g/mol. The second-order valence-corrected chi connectivity index (χ2v) is 6.43. The van der Waals surface area contributed by atoms with Crippen molar-refractivity contribution in [2.45, 2.75) is 25.4 Å². The summed E-state index contributed by atoms with van der Waals surface area (Å²) in [7, 11) is 0. The van der Waals surface area contributed by atoms with Gasteiger partial charge in [0.1, 0.15) is 5.82 Å². The van der Waals surface area contributed by atoms with Crippen molar-refractivity contribution in [2.75, 3.05) is 10.2 Å². The molecule has 0 unspecified atom stereocenters. The van der Waals surface area contributed by atoms with Crippen LogP contribution in [0.2, 0.25) is 0 Å². The number of hydrogen-bond acceptors (Lipinski definition) is 4. The SMILES string of the molecule is O=C(c1ccc(NC2CC2)nn1)N(Cc1ccccc1)c1ccccc1. The van der Waals surface area contributed by atoms with E-state index in [0.717, 1.165) is 17.1 Å². The van der Waals surface area contributed by atoms with Crippen LogP contribution in [-0.4, -0.2) is 22.1 Å². The Bertz CT molecular complexity index is 862. The van der Waals surface area contributed by atoms with Gasteiger partial charge in [-0.05, 0) is 42.7 Å². The molecule has 1 aromatic heterocycles. The average Bonchev–Trinajstić information content (AvgIpc) is 3.52. The predicted molar refractivity (Wildman–Crippen MR) is 102 cm³/mol. The molecule has 1 heterocycles. The summed E-state index contributed by atoms with van der Waals surface area (Å²) in [4.78, 5) is 14.8. The first kappa shape index (κ1) is 16.3. The van der Waals surface area contributed by atoms with Gasteiger partial charge >= 0.3 is 0 Å². The third-order valence-electron chi connectivity index (χ3n) is 4.31. The van der Waals surface area contributed by atoms with Crippen molar-refractivity contribution in [2.24, 2.45) is 0 Å². The van der Waals surface area contributed by atoms with Gasteiger partial charge in [-0.15, -0.1) is 10.2 Å². The summed E-state index contributed by atoms with van der Waals surface area (Å²) in [5.74, 6) is 0.559. The molecule has 1 amide bonds. The van der Waals surface area contributed by atoms with E-state index in [1.54, 1.807) is 11.0 Å². The van der Waals surface area contributed by atoms with Crippen molar-refractivity contribution in [1.82, 2.24) is 10.2 Å². The Morgan fingerprint density at radius 2 is 1.62 bits per heavy atom. The molecule has 5 nitrogen and oxygen atoms in total. The molecule has 0 spiro atoms. The lowest BCUT2D eigenvalue weighted by Crippen LogP contribution is -2.31. The molecule has 1 fully saturated rings. The van der Waals surface area contributed by atoms with Gasteiger partial charge in [0.2, 0.25) is 0 Å². The van der Waals surface area contributed by atoms with E-state index >= 15 is 0 Å². The highest BCUT2D eigenvalue weighted by Crippen LogP contribution is 2.24. The van der Waals surface area contributed by atoms with Crippen LogP contribution in [0.1, 0.15) is 28.9 Å². The van der Waals surface area contributed by atoms with Crippen LogP contribution >= 0.6 is 0 Å². The van der Waals surface area contributed by atoms with Crippen LogP contribution < -0.4 is 10.2 Å². The molecule has 5 heteroatoms. The van der Waals surface area contributed by atoms with Crippen LogP contribution in [-0.2, 0) is 6.54 Å². The fourth-order valence-corrected chi connectivity index (χ4v) is 2.75. The quantitative estimate of drug-likeness (QED) is 0.737. The normalized spacial score (nSPS) is 13.2. The Kier molecular flexibility index (Phi) is 4.60. The molecule has 2 aromatic carbocycles. The highest BCUT2D eigenvalue weighted by Gasteiger charge is 2.23. The zero-order valence-corrected chi connectivity index (χ0v) is 14.4. The van der Waals surface area contributed by atoms with Crippen LogP contribution in [0.4, 0.5) is 11.5 Å². The van der Waals surface area contributed by atoms with E-state index in [2.05, 4.69) is 15.5 Å². The molecule has 0 bridgehead atoms. The number of nitrogens with zero attached hydrogens (tertiary/aromatic N) is 3. The molecule has 4 rings (SSSR count). The first-order valence-corrected chi connectivity index (χ1v) is 8.81. The van der Waals surface area contributed by atoms with Gasteiger partial charge in [0.25, 0.3) is 5.91 Å². The number of carbonyl (C=O) groups is 1. The Hall–Kier alpha value is -3.21. The molecular weight excluding hydrogens is 324 g/mol. The highest BCUT2D eigenvalue weighted by molar-refractivity contribution is 6.04. The number of anilines is 2. The summed E-state index contributed by atoms with van der Waals surface area (Å²) in [6.45, 7) is 0.480. The maximum atomic E-state index is 13.1. The minimum atomic E-state index is -0.162. The van der Waals surface area contributed by atoms with Crippen LogP contribution in [0.15, 0.2) is 72.8 Å². The summed E-state index contributed by atoms with van der Waals surface area (Å²) in [5, 5.41) is 11.6. The monoisotopic (exact) mass is 344 g/mol. The lowest BCUT2D eigenvalue weighted by atomic mass is 10.2. The van der Waals surface area contributed by atoms with Gasteiger partial charge in [-0.25, -0.2) is 0 Å². The van der Waals surface area contributed by atoms with E-state index in [1.807, 2.05) is 66.7 Å². The second kappa shape index (κ2) is 7.35. The highest BCUT2D eigenvalue weighted by atomic mass is 16.2. The minimum Gasteiger partial charge on any atom is -0.366 e. The second-order valence-electron chi connectivity index (χ2n) is 6.43. The van der Waals surface area contributed by atoms with Crippen molar-refractivity contribution in [3.63, 3.8) is 0 Å². The van der Waals surface area contributed by atoms with Crippen molar-refractivity contribution >= 4 is 17.4 Å². The van der Waals surface area contributed by atoms with Crippen molar-refractivity contribution in [3.05, 3.63) is 84.1 Å². The maximum Gasteiger partial charge on any atom is 0.279 e. The topological polar surface area (TPSA) is 58.1 Å². The van der Waals surface area contributed by atoms with Crippen LogP contribution in [0, 0.1) is 0 Å². The first-order valence-electron chi connectivity index (χ1n) is 8.81. The molecule has 26 heavy (non-hydrogen) atoms. The molecule has 1 aliphatic carbocycles. The molecule has 0 radical (unpaired) electrons. The van der Waals surface area contributed by atoms with Crippen LogP contribution in [0.25, 0.3) is 0 Å². The largest absolute Gasteiger partial charge is 0.366 e. The Labute approximate surface area is 152 Å². The van der Waals surface area contributed by atoms with E-state index in [1.165, 1.54) is 12.8 Å². The van der Waals surface area contributed by atoms with Crippen LogP contribution in [0.5, 0.6) is 0 Å². The minimum absolute atomic E-state index is 0.162. The Morgan fingerprint density at radius 3 is 2.23 bits per heavy atom. The lowest BCUT2D eigenvalue weighted by Gasteiger charge is -2.22. The predicted octanol–water partition coefficient (Wildman–Crippen LogP) is 3.90. The Morgan fingerprint density at radius 1 is 0.923 bits per heavy atom. The number of amides is 1. The van der Waals surface area contributed by atoms with Crippen LogP contribution in [0.3, 0.4) is 0 Å². The molecule has 0 atom stereocenters. The van der Waals surface area contributed by atoms with E-state index in [4.69, 9.17) is 0 Å². The van der Waals surface area contributed by atoms with Gasteiger partial charge in [0.15, 0.2) is 5.69 Å². The smallest absolute Gasteiger partial charge is 0.279 e. The van der Waals surface area contributed by atoms with E-state index < -0.39 is 0 Å². The first-order chi connectivity index (χ1) is 12.8. The number of benzene rings is 2. The number of carbonyl (C=O) groups excluding carboxylic acids is 1. The summed E-state index contributed by atoms with van der Waals surface area (Å²) < 4.78 is 0. The molecule has 0 saturated heterocycles. The molecule has 1 N–H and O–H groups in total. The van der Waals surface area contributed by atoms with E-state index in [0.29, 0.717) is 18.3 Å². The number of nitrogens with one attached hydrogen (secondary N) is 1. The van der Waals surface area contributed by atoms with Crippen molar-refractivity contribution < 1.29 is 4.79 Å². The van der Waals surface area contributed by atoms with E-state index in [9.17, 15) is 4.79 Å². The molecule has 130 valence electrons. The lowest BCUT2D eigenvalue weighted by molar-refractivity contribution is 0.0979. The number of para-hydroxylation sites is 1. The van der Waals surface area contributed by atoms with Gasteiger partial charge in [0.05, 0.1) is 6.54 Å². The molecular formula is C21H20N4O. The van der Waals surface area contributed by atoms with Gasteiger partial charge in [0, 0.05) is 11.7 Å². The standard InChI is InChI=1S/C21H20N4O/c26-21(19-13-14-20(24-23-19)22-17-11-12-17)25(18-9-5-2-6-10-18)15-16-7-3-1-4-8-16/h1-10,13-14,17H,11-12,15H2,(H,22,24). The van der Waals surface area contributed by atoms with Crippen molar-refractivity contribution in [3.8, 4) is 0 Å². The third-order valence-corrected chi connectivity index (χ3v) is 4.31. The summed E-state index contributed by atoms with van der Waals surface area (Å²) in [6.07, 6.45) is 2.34. The number of hydrogen-bond donors (Lipinski definition) is 1. The molecule has 1 aliphatic rings. The fraction of sp³-hybridized carbons (Fsp3) is 0.190. The Balaban J connectivity index is 1.58. The van der Waals surface area contributed by atoms with Gasteiger partial charge in [-0.3, -0.25) is 4.79 Å². The zero-order valence-electron chi connectivity index (χ0n) is 14.4. The maximum absolute atomic E-state index is 13.1. The molecule has 1 saturated carbocycles.